The summed E-state index contributed by atoms with van der Waals surface area (Å²) in [7, 11) is 0. The van der Waals surface area contributed by atoms with Crippen LogP contribution in [0.15, 0.2) is 0 Å². The van der Waals surface area contributed by atoms with Gasteiger partial charge in [-0.2, -0.15) is 0 Å². The monoisotopic (exact) mass is 271 g/mol. The lowest BCUT2D eigenvalue weighted by atomic mass is 9.98. The molecule has 2 N–H and O–H groups in total. The molecule has 0 saturated carbocycles. The number of morpholine rings is 1. The van der Waals surface area contributed by atoms with E-state index in [1.807, 2.05) is 6.92 Å². The van der Waals surface area contributed by atoms with Crippen molar-refractivity contribution >= 4 is 5.91 Å². The fraction of sp³-hybridized carbons (Fsp3) is 0.929. The van der Waals surface area contributed by atoms with Gasteiger partial charge in [-0.1, -0.05) is 27.2 Å². The second-order valence-corrected chi connectivity index (χ2v) is 5.17. The van der Waals surface area contributed by atoms with Crippen LogP contribution in [0.1, 0.15) is 27.2 Å². The zero-order chi connectivity index (χ0) is 14.1. The molecule has 2 atom stereocenters. The first-order valence-electron chi connectivity index (χ1n) is 7.50. The number of hydrogen-bond acceptors (Lipinski definition) is 4. The highest BCUT2D eigenvalue weighted by Gasteiger charge is 2.22. The Morgan fingerprint density at radius 2 is 2.00 bits per heavy atom. The number of carbonyl (C=O) groups is 1. The molecule has 1 rings (SSSR count). The Balaban J connectivity index is 2.26. The van der Waals surface area contributed by atoms with Crippen molar-refractivity contribution in [2.24, 2.45) is 5.92 Å². The lowest BCUT2D eigenvalue weighted by molar-refractivity contribution is -0.124. The highest BCUT2D eigenvalue weighted by Crippen LogP contribution is 2.07. The van der Waals surface area contributed by atoms with Gasteiger partial charge in [-0.3, -0.25) is 9.69 Å². The number of rotatable bonds is 8. The van der Waals surface area contributed by atoms with Crippen LogP contribution >= 0.6 is 0 Å². The summed E-state index contributed by atoms with van der Waals surface area (Å²) in [6.45, 7) is 12.3. The van der Waals surface area contributed by atoms with Gasteiger partial charge in [0.1, 0.15) is 0 Å². The minimum Gasteiger partial charge on any atom is -0.379 e. The first-order chi connectivity index (χ1) is 9.19. The molecule has 1 saturated heterocycles. The third-order valence-corrected chi connectivity index (χ3v) is 3.75. The molecule has 0 aromatic carbocycles. The van der Waals surface area contributed by atoms with E-state index >= 15 is 0 Å². The molecule has 0 radical (unpaired) electrons. The van der Waals surface area contributed by atoms with Crippen molar-refractivity contribution in [2.45, 2.75) is 33.2 Å². The van der Waals surface area contributed by atoms with Gasteiger partial charge in [-0.05, 0) is 12.5 Å². The molecule has 1 unspecified atom stereocenters. The predicted octanol–water partition coefficient (Wildman–Crippen LogP) is 0.459. The number of nitrogens with zero attached hydrogens (tertiary/aromatic N) is 1. The molecule has 19 heavy (non-hydrogen) atoms. The second-order valence-electron chi connectivity index (χ2n) is 5.17. The molecule has 0 bridgehead atoms. The molecule has 1 amide bonds. The van der Waals surface area contributed by atoms with E-state index in [1.54, 1.807) is 0 Å². The topological polar surface area (TPSA) is 53.6 Å². The Labute approximate surface area is 117 Å². The number of likely N-dealkylation sites (N-methyl/N-ethyl adjacent to an activating group) is 1. The number of carbonyl (C=O) groups excluding carboxylic acids is 1. The van der Waals surface area contributed by atoms with Gasteiger partial charge in [0.15, 0.2) is 0 Å². The summed E-state index contributed by atoms with van der Waals surface area (Å²) in [6, 6.07) is -0.0697. The lowest BCUT2D eigenvalue weighted by Gasteiger charge is -2.27. The van der Waals surface area contributed by atoms with Gasteiger partial charge in [0.05, 0.1) is 19.3 Å². The molecular weight excluding hydrogens is 242 g/mol. The Kier molecular flexibility index (Phi) is 8.02. The molecule has 1 heterocycles. The quantitative estimate of drug-likeness (QED) is 0.673. The Morgan fingerprint density at radius 1 is 1.32 bits per heavy atom. The molecule has 5 nitrogen and oxygen atoms in total. The van der Waals surface area contributed by atoms with Gasteiger partial charge >= 0.3 is 0 Å². The van der Waals surface area contributed by atoms with Gasteiger partial charge in [-0.15, -0.1) is 0 Å². The minimum absolute atomic E-state index is 0.0697. The minimum atomic E-state index is -0.0697. The van der Waals surface area contributed by atoms with Crippen LogP contribution in [0.25, 0.3) is 0 Å². The zero-order valence-corrected chi connectivity index (χ0v) is 12.6. The van der Waals surface area contributed by atoms with Gasteiger partial charge in [-0.25, -0.2) is 0 Å². The van der Waals surface area contributed by atoms with E-state index in [9.17, 15) is 4.79 Å². The van der Waals surface area contributed by atoms with Gasteiger partial charge < -0.3 is 15.4 Å². The van der Waals surface area contributed by atoms with Crippen LogP contribution < -0.4 is 10.6 Å². The molecule has 5 heteroatoms. The molecular formula is C14H29N3O2. The fourth-order valence-electron chi connectivity index (χ4n) is 2.28. The maximum atomic E-state index is 12.2. The summed E-state index contributed by atoms with van der Waals surface area (Å²) in [4.78, 5) is 14.5. The molecule has 0 aromatic heterocycles. The van der Waals surface area contributed by atoms with E-state index in [4.69, 9.17) is 4.74 Å². The van der Waals surface area contributed by atoms with E-state index in [1.165, 1.54) is 0 Å². The van der Waals surface area contributed by atoms with Crippen LogP contribution in [0.3, 0.4) is 0 Å². The zero-order valence-electron chi connectivity index (χ0n) is 12.6. The van der Waals surface area contributed by atoms with Gasteiger partial charge in [0, 0.05) is 26.2 Å². The van der Waals surface area contributed by atoms with Crippen LogP contribution in [0, 0.1) is 5.92 Å². The Hall–Kier alpha value is -0.650. The molecule has 0 spiro atoms. The van der Waals surface area contributed by atoms with Crippen molar-refractivity contribution in [1.82, 2.24) is 15.5 Å². The normalized spacial score (nSPS) is 19.9. The first kappa shape index (κ1) is 16.4. The highest BCUT2D eigenvalue weighted by molar-refractivity contribution is 5.82. The van der Waals surface area contributed by atoms with Crippen molar-refractivity contribution < 1.29 is 9.53 Å². The third-order valence-electron chi connectivity index (χ3n) is 3.75. The summed E-state index contributed by atoms with van der Waals surface area (Å²) in [6.07, 6.45) is 1.01. The number of hydrogen-bond donors (Lipinski definition) is 2. The van der Waals surface area contributed by atoms with Crippen molar-refractivity contribution in [3.05, 3.63) is 0 Å². The molecule has 0 aliphatic carbocycles. The number of amides is 1. The fourth-order valence-corrected chi connectivity index (χ4v) is 2.28. The summed E-state index contributed by atoms with van der Waals surface area (Å²) in [5, 5.41) is 6.32. The van der Waals surface area contributed by atoms with Gasteiger partial charge in [0.25, 0.3) is 0 Å². The van der Waals surface area contributed by atoms with E-state index in [0.29, 0.717) is 5.92 Å². The highest BCUT2D eigenvalue weighted by atomic mass is 16.5. The lowest BCUT2D eigenvalue weighted by Crippen LogP contribution is -2.50. The largest absolute Gasteiger partial charge is 0.379 e. The average molecular weight is 271 g/mol. The van der Waals surface area contributed by atoms with Gasteiger partial charge in [0.2, 0.25) is 5.91 Å². The van der Waals surface area contributed by atoms with Crippen LogP contribution in [0.2, 0.25) is 0 Å². The molecule has 1 aliphatic rings. The Bertz CT molecular complexity index is 255. The standard InChI is InChI=1S/C14H29N3O2/c1-4-12(3)13(15-5-2)14(18)16-6-7-17-8-10-19-11-9-17/h12-13,15H,4-11H2,1-3H3,(H,16,18)/t12-,13?/m0/s1. The molecule has 1 aliphatic heterocycles. The maximum Gasteiger partial charge on any atom is 0.237 e. The van der Waals surface area contributed by atoms with Crippen molar-refractivity contribution in [3.63, 3.8) is 0 Å². The van der Waals surface area contributed by atoms with Crippen LogP contribution in [-0.2, 0) is 9.53 Å². The van der Waals surface area contributed by atoms with E-state index in [2.05, 4.69) is 29.4 Å². The van der Waals surface area contributed by atoms with Crippen LogP contribution in [0.4, 0.5) is 0 Å². The third kappa shape index (κ3) is 5.89. The molecule has 1 fully saturated rings. The molecule has 112 valence electrons. The van der Waals surface area contributed by atoms with E-state index < -0.39 is 0 Å². The number of nitrogens with one attached hydrogen (secondary N) is 2. The van der Waals surface area contributed by atoms with Crippen molar-refractivity contribution in [2.75, 3.05) is 45.9 Å². The Morgan fingerprint density at radius 3 is 2.58 bits per heavy atom. The summed E-state index contributed by atoms with van der Waals surface area (Å²) >= 11 is 0. The average Bonchev–Trinajstić information content (AvgIpc) is 2.45. The summed E-state index contributed by atoms with van der Waals surface area (Å²) in [5.41, 5.74) is 0. The predicted molar refractivity (Wildman–Crippen MR) is 77.2 cm³/mol. The van der Waals surface area contributed by atoms with Crippen LogP contribution in [-0.4, -0.2) is 62.8 Å². The summed E-state index contributed by atoms with van der Waals surface area (Å²) < 4.78 is 5.30. The smallest absolute Gasteiger partial charge is 0.237 e. The van der Waals surface area contributed by atoms with Crippen molar-refractivity contribution in [1.29, 1.82) is 0 Å². The second kappa shape index (κ2) is 9.28. The maximum absolute atomic E-state index is 12.2. The van der Waals surface area contributed by atoms with Crippen molar-refractivity contribution in [3.8, 4) is 0 Å². The summed E-state index contributed by atoms with van der Waals surface area (Å²) in [5.74, 6) is 0.493. The molecule has 0 aromatic rings. The number of ether oxygens (including phenoxy) is 1. The van der Waals surface area contributed by atoms with E-state index in [-0.39, 0.29) is 11.9 Å². The van der Waals surface area contributed by atoms with Crippen LogP contribution in [0.5, 0.6) is 0 Å². The SMILES string of the molecule is CCNC(C(=O)NCCN1CCOCC1)[C@@H](C)CC. The van der Waals surface area contributed by atoms with E-state index in [0.717, 1.165) is 52.4 Å². The first-order valence-corrected chi connectivity index (χ1v) is 7.50.